The highest BCUT2D eigenvalue weighted by Crippen LogP contribution is 2.17. The molecule has 4 N–H and O–H groups in total. The second kappa shape index (κ2) is 5.34. The van der Waals surface area contributed by atoms with E-state index in [1.165, 1.54) is 0 Å². The number of hydrogen-bond donors (Lipinski definition) is 3. The maximum atomic E-state index is 11.5. The van der Waals surface area contributed by atoms with Crippen molar-refractivity contribution in [2.45, 2.75) is 18.9 Å². The molecule has 1 aliphatic rings. The van der Waals surface area contributed by atoms with E-state index in [1.807, 2.05) is 30.3 Å². The Morgan fingerprint density at radius 3 is 2.71 bits per heavy atom. The van der Waals surface area contributed by atoms with Gasteiger partial charge in [-0.25, -0.2) is 4.99 Å². The van der Waals surface area contributed by atoms with Crippen LogP contribution < -0.4 is 16.4 Å². The average Bonchev–Trinajstić information content (AvgIpc) is 3.12. The van der Waals surface area contributed by atoms with Crippen molar-refractivity contribution in [3.05, 3.63) is 30.3 Å². The number of carbonyl (C=O) groups excluding carboxylic acids is 1. The Hall–Kier alpha value is -2.04. The second-order valence-corrected chi connectivity index (χ2v) is 4.03. The third-order valence-corrected chi connectivity index (χ3v) is 2.38. The molecular weight excluding hydrogens is 216 g/mol. The zero-order valence-electron chi connectivity index (χ0n) is 9.52. The maximum absolute atomic E-state index is 11.5. The molecule has 0 aromatic heterocycles. The molecule has 2 rings (SSSR count). The van der Waals surface area contributed by atoms with E-state index in [1.54, 1.807) is 0 Å². The number of nitrogens with one attached hydrogen (secondary N) is 2. The van der Waals surface area contributed by atoms with Crippen LogP contribution in [-0.4, -0.2) is 24.5 Å². The van der Waals surface area contributed by atoms with Crippen LogP contribution in [0.4, 0.5) is 5.69 Å². The fourth-order valence-corrected chi connectivity index (χ4v) is 1.36. The van der Waals surface area contributed by atoms with Crippen LogP contribution in [0.25, 0.3) is 0 Å². The molecular formula is C12H16N4O. The van der Waals surface area contributed by atoms with Gasteiger partial charge in [-0.05, 0) is 25.0 Å². The first-order chi connectivity index (χ1) is 8.24. The molecule has 5 heteroatoms. The molecule has 0 aliphatic heterocycles. The molecule has 1 aromatic rings. The van der Waals surface area contributed by atoms with Gasteiger partial charge in [-0.15, -0.1) is 0 Å². The van der Waals surface area contributed by atoms with Gasteiger partial charge in [-0.1, -0.05) is 18.2 Å². The minimum absolute atomic E-state index is 0.0421. The van der Waals surface area contributed by atoms with Crippen LogP contribution in [0.2, 0.25) is 0 Å². The van der Waals surface area contributed by atoms with Crippen molar-refractivity contribution in [2.24, 2.45) is 10.7 Å². The topological polar surface area (TPSA) is 79.5 Å². The van der Waals surface area contributed by atoms with Gasteiger partial charge in [-0.3, -0.25) is 4.79 Å². The lowest BCUT2D eigenvalue weighted by Crippen LogP contribution is -2.34. The second-order valence-electron chi connectivity index (χ2n) is 4.03. The van der Waals surface area contributed by atoms with Crippen molar-refractivity contribution in [1.82, 2.24) is 5.32 Å². The van der Waals surface area contributed by atoms with Crippen molar-refractivity contribution in [2.75, 3.05) is 11.9 Å². The summed E-state index contributed by atoms with van der Waals surface area (Å²) in [6.45, 7) is 0.0421. The summed E-state index contributed by atoms with van der Waals surface area (Å²) in [5.74, 6) is 0.174. The van der Waals surface area contributed by atoms with Gasteiger partial charge < -0.3 is 16.4 Å². The van der Waals surface area contributed by atoms with Gasteiger partial charge in [0.2, 0.25) is 5.91 Å². The van der Waals surface area contributed by atoms with Crippen LogP contribution in [0.1, 0.15) is 12.8 Å². The summed E-state index contributed by atoms with van der Waals surface area (Å²) in [6, 6.07) is 9.73. The van der Waals surface area contributed by atoms with E-state index in [4.69, 9.17) is 5.73 Å². The molecule has 17 heavy (non-hydrogen) atoms. The van der Waals surface area contributed by atoms with Gasteiger partial charge in [-0.2, -0.15) is 0 Å². The summed E-state index contributed by atoms with van der Waals surface area (Å²) >= 11 is 0. The number of nitrogens with two attached hydrogens (primary N) is 1. The van der Waals surface area contributed by atoms with Crippen molar-refractivity contribution >= 4 is 17.6 Å². The number of guanidine groups is 1. The summed E-state index contributed by atoms with van der Waals surface area (Å²) in [4.78, 5) is 15.5. The Labute approximate surface area is 100 Å². The molecule has 0 radical (unpaired) electrons. The number of nitrogens with zero attached hydrogens (tertiary/aromatic N) is 1. The lowest BCUT2D eigenvalue weighted by atomic mass is 10.3. The minimum Gasteiger partial charge on any atom is -0.370 e. The molecule has 0 atom stereocenters. The molecule has 0 saturated heterocycles. The van der Waals surface area contributed by atoms with Gasteiger partial charge >= 0.3 is 0 Å². The van der Waals surface area contributed by atoms with Gasteiger partial charge in [0.1, 0.15) is 6.54 Å². The molecule has 1 aromatic carbocycles. The lowest BCUT2D eigenvalue weighted by molar-refractivity contribution is -0.114. The fraction of sp³-hybridized carbons (Fsp3) is 0.333. The Kier molecular flexibility index (Phi) is 3.59. The van der Waals surface area contributed by atoms with Crippen molar-refractivity contribution in [3.8, 4) is 0 Å². The Bertz CT molecular complexity index is 412. The Morgan fingerprint density at radius 2 is 2.06 bits per heavy atom. The molecule has 1 fully saturated rings. The van der Waals surface area contributed by atoms with E-state index in [9.17, 15) is 4.79 Å². The SMILES string of the molecule is NC(=NCC(=O)Nc1ccccc1)NC1CC1. The average molecular weight is 232 g/mol. The first kappa shape index (κ1) is 11.4. The molecule has 5 nitrogen and oxygen atoms in total. The number of carbonyl (C=O) groups is 1. The molecule has 1 aliphatic carbocycles. The zero-order valence-corrected chi connectivity index (χ0v) is 9.52. The fourth-order valence-electron chi connectivity index (χ4n) is 1.36. The summed E-state index contributed by atoms with van der Waals surface area (Å²) in [5.41, 5.74) is 6.38. The molecule has 0 unspecified atom stereocenters. The highest BCUT2D eigenvalue weighted by molar-refractivity contribution is 5.93. The van der Waals surface area contributed by atoms with E-state index in [0.717, 1.165) is 18.5 Å². The normalized spacial score (nSPS) is 15.4. The predicted molar refractivity (Wildman–Crippen MR) is 67.7 cm³/mol. The standard InChI is InChI=1S/C12H16N4O/c13-12(16-10-6-7-10)14-8-11(17)15-9-4-2-1-3-5-9/h1-5,10H,6-8H2,(H,15,17)(H3,13,14,16). The summed E-state index contributed by atoms with van der Waals surface area (Å²) in [6.07, 6.45) is 2.26. The number of hydrogen-bond acceptors (Lipinski definition) is 2. The molecule has 1 saturated carbocycles. The monoisotopic (exact) mass is 232 g/mol. The predicted octanol–water partition coefficient (Wildman–Crippen LogP) is 0.692. The van der Waals surface area contributed by atoms with Crippen LogP contribution in [-0.2, 0) is 4.79 Å². The smallest absolute Gasteiger partial charge is 0.246 e. The molecule has 90 valence electrons. The highest BCUT2D eigenvalue weighted by Gasteiger charge is 2.21. The minimum atomic E-state index is -0.170. The van der Waals surface area contributed by atoms with Crippen LogP contribution in [0.5, 0.6) is 0 Å². The Morgan fingerprint density at radius 1 is 1.35 bits per heavy atom. The van der Waals surface area contributed by atoms with Gasteiger partial charge in [0.05, 0.1) is 0 Å². The third kappa shape index (κ3) is 4.14. The summed E-state index contributed by atoms with van der Waals surface area (Å²) < 4.78 is 0. The summed E-state index contributed by atoms with van der Waals surface area (Å²) in [5, 5.41) is 5.76. The van der Waals surface area contributed by atoms with Crippen LogP contribution in [0.3, 0.4) is 0 Å². The van der Waals surface area contributed by atoms with E-state index in [2.05, 4.69) is 15.6 Å². The van der Waals surface area contributed by atoms with Crippen molar-refractivity contribution < 1.29 is 4.79 Å². The number of para-hydroxylation sites is 1. The van der Waals surface area contributed by atoms with Crippen molar-refractivity contribution in [3.63, 3.8) is 0 Å². The third-order valence-electron chi connectivity index (χ3n) is 2.38. The van der Waals surface area contributed by atoms with E-state index >= 15 is 0 Å². The number of benzene rings is 1. The van der Waals surface area contributed by atoms with E-state index in [0.29, 0.717) is 12.0 Å². The van der Waals surface area contributed by atoms with Crippen molar-refractivity contribution in [1.29, 1.82) is 0 Å². The van der Waals surface area contributed by atoms with E-state index in [-0.39, 0.29) is 12.5 Å². The lowest BCUT2D eigenvalue weighted by Gasteiger charge is -2.04. The molecule has 1 amide bonds. The number of aliphatic imine (C=N–C) groups is 1. The first-order valence-corrected chi connectivity index (χ1v) is 5.65. The Balaban J connectivity index is 1.76. The van der Waals surface area contributed by atoms with Crippen LogP contribution >= 0.6 is 0 Å². The number of anilines is 1. The molecule has 0 spiro atoms. The first-order valence-electron chi connectivity index (χ1n) is 5.65. The molecule has 0 heterocycles. The molecule has 0 bridgehead atoms. The van der Waals surface area contributed by atoms with Crippen LogP contribution in [0, 0.1) is 0 Å². The number of rotatable bonds is 4. The maximum Gasteiger partial charge on any atom is 0.246 e. The zero-order chi connectivity index (χ0) is 12.1. The summed E-state index contributed by atoms with van der Waals surface area (Å²) in [7, 11) is 0. The van der Waals surface area contributed by atoms with Gasteiger partial charge in [0.15, 0.2) is 5.96 Å². The largest absolute Gasteiger partial charge is 0.370 e. The van der Waals surface area contributed by atoms with Gasteiger partial charge in [0, 0.05) is 11.7 Å². The van der Waals surface area contributed by atoms with Gasteiger partial charge in [0.25, 0.3) is 0 Å². The number of amides is 1. The van der Waals surface area contributed by atoms with E-state index < -0.39 is 0 Å². The van der Waals surface area contributed by atoms with Crippen LogP contribution in [0.15, 0.2) is 35.3 Å². The quantitative estimate of drug-likeness (QED) is 0.528. The highest BCUT2D eigenvalue weighted by atomic mass is 16.1.